The van der Waals surface area contributed by atoms with E-state index in [9.17, 15) is 0 Å². The molecule has 0 aliphatic heterocycles. The summed E-state index contributed by atoms with van der Waals surface area (Å²) in [5.74, 6) is 0.819. The van der Waals surface area contributed by atoms with Crippen molar-refractivity contribution in [2.24, 2.45) is 5.73 Å². The van der Waals surface area contributed by atoms with E-state index in [0.717, 1.165) is 34.2 Å². The lowest BCUT2D eigenvalue weighted by Gasteiger charge is -2.14. The summed E-state index contributed by atoms with van der Waals surface area (Å²) in [6, 6.07) is 14.4. The molecule has 0 aliphatic rings. The molecule has 2 rings (SSSR count). The Bertz CT molecular complexity index is 566. The Morgan fingerprint density at radius 3 is 2.30 bits per heavy atom. The van der Waals surface area contributed by atoms with Gasteiger partial charge in [0.05, 0.1) is 17.6 Å². The summed E-state index contributed by atoms with van der Waals surface area (Å²) in [4.78, 5) is 0. The van der Waals surface area contributed by atoms with E-state index in [2.05, 4.69) is 47.1 Å². The minimum Gasteiger partial charge on any atom is -0.496 e. The fourth-order valence-electron chi connectivity index (χ4n) is 2.25. The maximum absolute atomic E-state index is 6.34. The third-order valence-corrected chi connectivity index (χ3v) is 4.03. The van der Waals surface area contributed by atoms with Crippen LogP contribution in [0.4, 0.5) is 0 Å². The minimum absolute atomic E-state index is 0.118. The van der Waals surface area contributed by atoms with Crippen LogP contribution in [0.2, 0.25) is 0 Å². The minimum atomic E-state index is -0.118. The lowest BCUT2D eigenvalue weighted by molar-refractivity contribution is 0.412. The second-order valence-electron chi connectivity index (χ2n) is 4.86. The maximum atomic E-state index is 6.34. The molecular weight excluding hydrogens is 314 g/mol. The number of benzene rings is 2. The molecule has 0 saturated carbocycles. The molecule has 0 amide bonds. The van der Waals surface area contributed by atoms with Crippen LogP contribution in [-0.2, 0) is 6.42 Å². The van der Waals surface area contributed by atoms with E-state index < -0.39 is 0 Å². The Morgan fingerprint density at radius 2 is 1.75 bits per heavy atom. The number of halogens is 1. The lowest BCUT2D eigenvalue weighted by Crippen LogP contribution is -2.11. The standard InChI is InChI=1S/C17H20BrNO/c1-3-4-12-5-7-13(8-6-12)17(19)14-9-10-16(20-2)15(18)11-14/h5-11,17H,3-4,19H2,1-2H3. The molecule has 0 saturated heterocycles. The van der Waals surface area contributed by atoms with E-state index in [1.165, 1.54) is 5.56 Å². The summed E-state index contributed by atoms with van der Waals surface area (Å²) in [6.45, 7) is 2.19. The van der Waals surface area contributed by atoms with Crippen molar-refractivity contribution in [1.82, 2.24) is 0 Å². The van der Waals surface area contributed by atoms with Gasteiger partial charge in [-0.15, -0.1) is 0 Å². The largest absolute Gasteiger partial charge is 0.496 e. The molecule has 0 fully saturated rings. The van der Waals surface area contributed by atoms with Crippen LogP contribution in [0.3, 0.4) is 0 Å². The second kappa shape index (κ2) is 6.91. The highest BCUT2D eigenvalue weighted by atomic mass is 79.9. The normalized spacial score (nSPS) is 12.2. The first-order chi connectivity index (χ1) is 9.65. The van der Waals surface area contributed by atoms with Crippen molar-refractivity contribution in [3.63, 3.8) is 0 Å². The lowest BCUT2D eigenvalue weighted by atomic mass is 9.98. The Labute approximate surface area is 129 Å². The van der Waals surface area contributed by atoms with E-state index in [0.29, 0.717) is 0 Å². The van der Waals surface area contributed by atoms with Gasteiger partial charge in [-0.05, 0) is 51.2 Å². The van der Waals surface area contributed by atoms with Crippen LogP contribution in [0.5, 0.6) is 5.75 Å². The smallest absolute Gasteiger partial charge is 0.133 e. The first kappa shape index (κ1) is 15.1. The molecule has 2 aromatic carbocycles. The van der Waals surface area contributed by atoms with Crippen molar-refractivity contribution >= 4 is 15.9 Å². The van der Waals surface area contributed by atoms with E-state index in [-0.39, 0.29) is 6.04 Å². The van der Waals surface area contributed by atoms with Crippen molar-refractivity contribution in [3.05, 3.63) is 63.6 Å². The molecule has 20 heavy (non-hydrogen) atoms. The number of methoxy groups -OCH3 is 1. The molecule has 0 bridgehead atoms. The molecule has 1 atom stereocenters. The van der Waals surface area contributed by atoms with Gasteiger partial charge in [-0.25, -0.2) is 0 Å². The average Bonchev–Trinajstić information content (AvgIpc) is 2.47. The Balaban J connectivity index is 2.21. The monoisotopic (exact) mass is 333 g/mol. The summed E-state index contributed by atoms with van der Waals surface area (Å²) >= 11 is 3.50. The molecular formula is C17H20BrNO. The third-order valence-electron chi connectivity index (χ3n) is 3.41. The highest BCUT2D eigenvalue weighted by Gasteiger charge is 2.11. The van der Waals surface area contributed by atoms with Crippen LogP contribution in [0.15, 0.2) is 46.9 Å². The molecule has 0 spiro atoms. The van der Waals surface area contributed by atoms with Crippen LogP contribution < -0.4 is 10.5 Å². The Kier molecular flexibility index (Phi) is 5.21. The topological polar surface area (TPSA) is 35.2 Å². The van der Waals surface area contributed by atoms with E-state index in [1.54, 1.807) is 7.11 Å². The van der Waals surface area contributed by atoms with Gasteiger partial charge < -0.3 is 10.5 Å². The number of hydrogen-bond donors (Lipinski definition) is 1. The van der Waals surface area contributed by atoms with Crippen molar-refractivity contribution in [1.29, 1.82) is 0 Å². The van der Waals surface area contributed by atoms with Crippen molar-refractivity contribution in [2.75, 3.05) is 7.11 Å². The predicted molar refractivity (Wildman–Crippen MR) is 87.2 cm³/mol. The summed E-state index contributed by atoms with van der Waals surface area (Å²) in [7, 11) is 1.66. The van der Waals surface area contributed by atoms with Gasteiger partial charge in [-0.3, -0.25) is 0 Å². The summed E-state index contributed by atoms with van der Waals surface area (Å²) in [5.41, 5.74) is 9.90. The summed E-state index contributed by atoms with van der Waals surface area (Å²) in [5, 5.41) is 0. The predicted octanol–water partition coefficient (Wildman–Crippen LogP) is 4.46. The SMILES string of the molecule is CCCc1ccc(C(N)c2ccc(OC)c(Br)c2)cc1. The summed E-state index contributed by atoms with van der Waals surface area (Å²) < 4.78 is 6.17. The van der Waals surface area contributed by atoms with E-state index in [1.807, 2.05) is 18.2 Å². The van der Waals surface area contributed by atoms with Crippen LogP contribution in [0.25, 0.3) is 0 Å². The fraction of sp³-hybridized carbons (Fsp3) is 0.294. The molecule has 2 aromatic rings. The zero-order valence-electron chi connectivity index (χ0n) is 11.9. The molecule has 0 heterocycles. The molecule has 2 nitrogen and oxygen atoms in total. The van der Waals surface area contributed by atoms with Gasteiger partial charge in [0.25, 0.3) is 0 Å². The van der Waals surface area contributed by atoms with Gasteiger partial charge in [-0.2, -0.15) is 0 Å². The fourth-order valence-corrected chi connectivity index (χ4v) is 2.81. The quantitative estimate of drug-likeness (QED) is 0.876. The van der Waals surface area contributed by atoms with Gasteiger partial charge in [-0.1, -0.05) is 43.7 Å². The Hall–Kier alpha value is -1.32. The van der Waals surface area contributed by atoms with Crippen molar-refractivity contribution in [3.8, 4) is 5.75 Å². The number of rotatable bonds is 5. The van der Waals surface area contributed by atoms with Gasteiger partial charge >= 0.3 is 0 Å². The highest BCUT2D eigenvalue weighted by molar-refractivity contribution is 9.10. The van der Waals surface area contributed by atoms with Gasteiger partial charge in [0, 0.05) is 0 Å². The van der Waals surface area contributed by atoms with Crippen LogP contribution >= 0.6 is 15.9 Å². The molecule has 1 unspecified atom stereocenters. The number of nitrogens with two attached hydrogens (primary N) is 1. The second-order valence-corrected chi connectivity index (χ2v) is 5.72. The van der Waals surface area contributed by atoms with Crippen molar-refractivity contribution in [2.45, 2.75) is 25.8 Å². The molecule has 0 radical (unpaired) electrons. The van der Waals surface area contributed by atoms with Crippen LogP contribution in [-0.4, -0.2) is 7.11 Å². The van der Waals surface area contributed by atoms with Crippen LogP contribution in [0, 0.1) is 0 Å². The molecule has 2 N–H and O–H groups in total. The van der Waals surface area contributed by atoms with E-state index in [4.69, 9.17) is 10.5 Å². The van der Waals surface area contributed by atoms with Crippen molar-refractivity contribution < 1.29 is 4.74 Å². The third kappa shape index (κ3) is 3.41. The van der Waals surface area contributed by atoms with Gasteiger partial charge in [0.15, 0.2) is 0 Å². The average molecular weight is 334 g/mol. The molecule has 0 aliphatic carbocycles. The summed E-state index contributed by atoms with van der Waals surface area (Å²) in [6.07, 6.45) is 2.28. The first-order valence-electron chi connectivity index (χ1n) is 6.83. The zero-order valence-corrected chi connectivity index (χ0v) is 13.5. The Morgan fingerprint density at radius 1 is 1.10 bits per heavy atom. The molecule has 3 heteroatoms. The highest BCUT2D eigenvalue weighted by Crippen LogP contribution is 2.29. The number of hydrogen-bond acceptors (Lipinski definition) is 2. The number of aryl methyl sites for hydroxylation is 1. The van der Waals surface area contributed by atoms with E-state index >= 15 is 0 Å². The van der Waals surface area contributed by atoms with Crippen LogP contribution in [0.1, 0.15) is 36.1 Å². The molecule has 0 aromatic heterocycles. The van der Waals surface area contributed by atoms with Gasteiger partial charge in [0.2, 0.25) is 0 Å². The first-order valence-corrected chi connectivity index (χ1v) is 7.63. The maximum Gasteiger partial charge on any atom is 0.133 e. The number of ether oxygens (including phenoxy) is 1. The molecule has 106 valence electrons. The zero-order chi connectivity index (χ0) is 14.5. The van der Waals surface area contributed by atoms with Gasteiger partial charge in [0.1, 0.15) is 5.75 Å².